The molecular formula is C33H36N4O6S. The summed E-state index contributed by atoms with van der Waals surface area (Å²) in [5.41, 5.74) is 4.40. The zero-order chi connectivity index (χ0) is 31.3. The monoisotopic (exact) mass is 616 g/mol. The van der Waals surface area contributed by atoms with E-state index in [-0.39, 0.29) is 5.91 Å². The van der Waals surface area contributed by atoms with Gasteiger partial charge in [0.25, 0.3) is 5.91 Å². The van der Waals surface area contributed by atoms with Crippen LogP contribution >= 0.6 is 11.3 Å². The number of benzene rings is 2. The van der Waals surface area contributed by atoms with Crippen LogP contribution in [0.1, 0.15) is 38.2 Å². The van der Waals surface area contributed by atoms with Crippen LogP contribution in [-0.4, -0.2) is 63.8 Å². The predicted molar refractivity (Wildman–Crippen MR) is 171 cm³/mol. The molecule has 0 saturated heterocycles. The molecule has 0 aliphatic carbocycles. The van der Waals surface area contributed by atoms with E-state index in [2.05, 4.69) is 22.5 Å². The van der Waals surface area contributed by atoms with Crippen LogP contribution < -0.4 is 15.4 Å². The van der Waals surface area contributed by atoms with E-state index in [9.17, 15) is 14.4 Å². The first-order valence-corrected chi connectivity index (χ1v) is 15.3. The van der Waals surface area contributed by atoms with Gasteiger partial charge in [-0.15, -0.1) is 11.3 Å². The summed E-state index contributed by atoms with van der Waals surface area (Å²) >= 11 is 1.56. The number of unbranched alkanes of at least 4 members (excludes halogenated alkanes) is 3. The number of H-pyrrole nitrogens is 1. The number of hydrogen-bond acceptors (Lipinski definition) is 7. The third-order valence-electron chi connectivity index (χ3n) is 6.70. The van der Waals surface area contributed by atoms with Gasteiger partial charge in [-0.2, -0.15) is 0 Å². The smallest absolute Gasteiger partial charge is 0.328 e. The highest BCUT2D eigenvalue weighted by atomic mass is 32.1. The molecule has 2 aromatic heterocycles. The number of hydrogen-bond donors (Lipinski definition) is 5. The highest BCUT2D eigenvalue weighted by Gasteiger charge is 2.19. The molecule has 2 heterocycles. The Kier molecular flexibility index (Phi) is 11.8. The first kappa shape index (κ1) is 32.2. The summed E-state index contributed by atoms with van der Waals surface area (Å²) in [7, 11) is 0. The van der Waals surface area contributed by atoms with Gasteiger partial charge in [0.2, 0.25) is 5.91 Å². The van der Waals surface area contributed by atoms with E-state index >= 15 is 0 Å². The van der Waals surface area contributed by atoms with Crippen molar-refractivity contribution in [3.05, 3.63) is 78.5 Å². The van der Waals surface area contributed by atoms with Crippen molar-refractivity contribution >= 4 is 35.2 Å². The van der Waals surface area contributed by atoms with Crippen LogP contribution in [0.2, 0.25) is 0 Å². The van der Waals surface area contributed by atoms with Crippen molar-refractivity contribution < 1.29 is 29.3 Å². The van der Waals surface area contributed by atoms with Gasteiger partial charge in [-0.3, -0.25) is 9.59 Å². The minimum atomic E-state index is -1.39. The molecule has 0 fully saturated rings. The van der Waals surface area contributed by atoms with Crippen LogP contribution in [0.5, 0.6) is 5.75 Å². The van der Waals surface area contributed by atoms with Gasteiger partial charge in [0.05, 0.1) is 22.9 Å². The molecule has 2 aromatic carbocycles. The largest absolute Gasteiger partial charge is 0.484 e. The molecule has 4 aromatic rings. The summed E-state index contributed by atoms with van der Waals surface area (Å²) in [6, 6.07) is 17.5. The number of aliphatic carboxylic acids is 1. The number of nitrogens with zero attached hydrogens (tertiary/aromatic N) is 1. The van der Waals surface area contributed by atoms with Crippen LogP contribution in [0.4, 0.5) is 0 Å². The molecule has 1 atom stereocenters. The zero-order valence-electron chi connectivity index (χ0n) is 24.4. The molecule has 5 N–H and O–H groups in total. The Morgan fingerprint density at radius 2 is 1.77 bits per heavy atom. The first-order valence-electron chi connectivity index (χ1n) is 14.4. The quantitative estimate of drug-likeness (QED) is 0.0865. The predicted octanol–water partition coefficient (Wildman–Crippen LogP) is 5.12. The number of thiazole rings is 1. The number of aromatic amines is 1. The second-order valence-corrected chi connectivity index (χ2v) is 11.0. The minimum absolute atomic E-state index is 0.103. The molecule has 0 spiro atoms. The van der Waals surface area contributed by atoms with E-state index in [1.165, 1.54) is 6.42 Å². The van der Waals surface area contributed by atoms with Gasteiger partial charge in [0.1, 0.15) is 16.8 Å². The number of rotatable bonds is 16. The summed E-state index contributed by atoms with van der Waals surface area (Å²) < 4.78 is 5.51. The second kappa shape index (κ2) is 16.2. The number of carbonyl (C=O) groups is 3. The number of aromatic nitrogens is 2. The van der Waals surface area contributed by atoms with Crippen molar-refractivity contribution in [3.63, 3.8) is 0 Å². The van der Waals surface area contributed by atoms with E-state index < -0.39 is 31.1 Å². The molecule has 2 amide bonds. The number of carboxylic acids is 1. The number of carbonyl (C=O) groups excluding carboxylic acids is 2. The molecule has 4 rings (SSSR count). The van der Waals surface area contributed by atoms with Crippen molar-refractivity contribution in [2.75, 3.05) is 19.8 Å². The van der Waals surface area contributed by atoms with Gasteiger partial charge >= 0.3 is 5.97 Å². The van der Waals surface area contributed by atoms with Crippen molar-refractivity contribution in [2.45, 2.75) is 38.6 Å². The van der Waals surface area contributed by atoms with Gasteiger partial charge in [-0.25, -0.2) is 9.78 Å². The fourth-order valence-corrected chi connectivity index (χ4v) is 5.39. The first-order chi connectivity index (χ1) is 21.4. The fourth-order valence-electron chi connectivity index (χ4n) is 4.31. The summed E-state index contributed by atoms with van der Waals surface area (Å²) in [6.07, 6.45) is 9.64. The Bertz CT molecular complexity index is 1550. The third kappa shape index (κ3) is 9.13. The average Bonchev–Trinajstić information content (AvgIpc) is 3.73. The Morgan fingerprint density at radius 3 is 2.43 bits per heavy atom. The summed E-state index contributed by atoms with van der Waals surface area (Å²) in [5.74, 6) is -1.67. The third-order valence-corrected chi connectivity index (χ3v) is 7.84. The highest BCUT2D eigenvalue weighted by Crippen LogP contribution is 2.40. The number of aliphatic hydroxyl groups is 1. The van der Waals surface area contributed by atoms with E-state index in [4.69, 9.17) is 19.9 Å². The van der Waals surface area contributed by atoms with Crippen molar-refractivity contribution in [3.8, 4) is 38.1 Å². The molecule has 0 aliphatic rings. The minimum Gasteiger partial charge on any atom is -0.484 e. The summed E-state index contributed by atoms with van der Waals surface area (Å²) in [5, 5.41) is 24.0. The lowest BCUT2D eigenvalue weighted by Gasteiger charge is -2.12. The lowest BCUT2D eigenvalue weighted by molar-refractivity contribution is -0.143. The molecule has 10 nitrogen and oxygen atoms in total. The Morgan fingerprint density at radius 1 is 1.02 bits per heavy atom. The topological polar surface area (TPSA) is 154 Å². The Labute approximate surface area is 259 Å². The van der Waals surface area contributed by atoms with Gasteiger partial charge in [-0.1, -0.05) is 50.5 Å². The molecule has 230 valence electrons. The zero-order valence-corrected chi connectivity index (χ0v) is 25.2. The van der Waals surface area contributed by atoms with E-state index in [0.717, 1.165) is 57.2 Å². The SMILES string of the molecule is CCCCCCNC(=O)C=Cc1ccc(-c2sc(-c3ccc[nH]3)nc2-c2ccc(OCC(=O)N[C@H](CO)C(=O)O)cc2)cc1. The van der Waals surface area contributed by atoms with Crippen LogP contribution in [0, 0.1) is 0 Å². The van der Waals surface area contributed by atoms with Gasteiger partial charge < -0.3 is 30.6 Å². The van der Waals surface area contributed by atoms with Crippen LogP contribution in [0.25, 0.3) is 38.5 Å². The van der Waals surface area contributed by atoms with Gasteiger partial charge in [0, 0.05) is 24.4 Å². The molecular weight excluding hydrogens is 580 g/mol. The maximum Gasteiger partial charge on any atom is 0.328 e. The Balaban J connectivity index is 1.46. The lowest BCUT2D eigenvalue weighted by Crippen LogP contribution is -2.45. The van der Waals surface area contributed by atoms with Gasteiger partial charge in [0.15, 0.2) is 6.61 Å². The molecule has 44 heavy (non-hydrogen) atoms. The van der Waals surface area contributed by atoms with Crippen LogP contribution in [0.3, 0.4) is 0 Å². The highest BCUT2D eigenvalue weighted by molar-refractivity contribution is 7.18. The number of amides is 2. The van der Waals surface area contributed by atoms with E-state index in [1.807, 2.05) is 54.7 Å². The number of nitrogens with one attached hydrogen (secondary N) is 3. The molecule has 0 saturated carbocycles. The van der Waals surface area contributed by atoms with Crippen molar-refractivity contribution in [1.82, 2.24) is 20.6 Å². The van der Waals surface area contributed by atoms with E-state index in [0.29, 0.717) is 12.3 Å². The maximum atomic E-state index is 12.2. The molecule has 0 bridgehead atoms. The number of aliphatic hydroxyl groups excluding tert-OH is 1. The second-order valence-electron chi connectivity index (χ2n) is 10.0. The standard InChI is InChI=1S/C33H36N4O6S/c1-2-3-4-5-18-35-28(39)17-10-22-8-11-24(12-9-22)31-30(37-32(44-31)26-7-6-19-34-26)23-13-15-25(16-14-23)43-21-29(40)36-27(20-38)33(41)42/h6-17,19,27,34,38H,2-5,18,20-21H2,1H3,(H,35,39)(H,36,40)(H,41,42)/t27-/m1/s1. The summed E-state index contributed by atoms with van der Waals surface area (Å²) in [4.78, 5) is 44.3. The molecule has 0 radical (unpaired) electrons. The lowest BCUT2D eigenvalue weighted by atomic mass is 10.0. The normalized spacial score (nSPS) is 11.8. The molecule has 11 heteroatoms. The van der Waals surface area contributed by atoms with Crippen LogP contribution in [-0.2, 0) is 14.4 Å². The fraction of sp³-hybridized carbons (Fsp3) is 0.273. The average molecular weight is 617 g/mol. The van der Waals surface area contributed by atoms with Crippen molar-refractivity contribution in [1.29, 1.82) is 0 Å². The number of carboxylic acid groups (broad SMARTS) is 1. The molecule has 0 aliphatic heterocycles. The van der Waals surface area contributed by atoms with Gasteiger partial charge in [-0.05, 0) is 60.0 Å². The summed E-state index contributed by atoms with van der Waals surface area (Å²) in [6.45, 7) is 1.72. The number of ether oxygens (including phenoxy) is 1. The van der Waals surface area contributed by atoms with E-state index in [1.54, 1.807) is 35.6 Å². The maximum absolute atomic E-state index is 12.2. The molecule has 0 unspecified atom stereocenters. The van der Waals surface area contributed by atoms with Crippen molar-refractivity contribution in [2.24, 2.45) is 0 Å². The Hall–Kier alpha value is -4.74. The van der Waals surface area contributed by atoms with Crippen LogP contribution in [0.15, 0.2) is 72.9 Å².